The molecule has 0 spiro atoms. The van der Waals surface area contributed by atoms with Crippen LogP contribution in [0.2, 0.25) is 0 Å². The molecule has 20 heavy (non-hydrogen) atoms. The van der Waals surface area contributed by atoms with E-state index in [4.69, 9.17) is 14.0 Å². The van der Waals surface area contributed by atoms with Crippen molar-refractivity contribution in [1.29, 1.82) is 0 Å². The fraction of sp³-hybridized carbons (Fsp3) is 0.625. The average Bonchev–Trinajstić information content (AvgIpc) is 2.79. The van der Waals surface area contributed by atoms with E-state index in [-0.39, 0.29) is 12.7 Å². The van der Waals surface area contributed by atoms with Gasteiger partial charge in [0.1, 0.15) is 5.75 Å². The summed E-state index contributed by atoms with van der Waals surface area (Å²) in [6.45, 7) is 9.82. The van der Waals surface area contributed by atoms with Crippen LogP contribution in [0.5, 0.6) is 5.75 Å². The molecule has 4 heteroatoms. The number of ether oxygens (including phenoxy) is 1. The predicted molar refractivity (Wildman–Crippen MR) is 82.7 cm³/mol. The molecule has 0 N–H and O–H groups in total. The van der Waals surface area contributed by atoms with Gasteiger partial charge in [-0.1, -0.05) is 32.4 Å². The number of benzene rings is 1. The van der Waals surface area contributed by atoms with Gasteiger partial charge >= 0.3 is 7.12 Å². The molecule has 3 rings (SSSR count). The lowest BCUT2D eigenvalue weighted by atomic mass is 9.78. The third kappa shape index (κ3) is 3.77. The van der Waals surface area contributed by atoms with E-state index in [9.17, 15) is 0 Å². The SMILES string of the molecule is CC1(C)COB(c2ccc3c(c2)CCCO3)O1.CCC. The van der Waals surface area contributed by atoms with E-state index in [1.54, 1.807) is 0 Å². The Morgan fingerprint density at radius 3 is 2.65 bits per heavy atom. The van der Waals surface area contributed by atoms with E-state index in [0.717, 1.165) is 30.7 Å². The molecule has 0 radical (unpaired) electrons. The Morgan fingerprint density at radius 2 is 2.00 bits per heavy atom. The molecule has 1 aromatic rings. The molecule has 1 aromatic carbocycles. The zero-order valence-electron chi connectivity index (χ0n) is 13.1. The number of hydrogen-bond donors (Lipinski definition) is 0. The van der Waals surface area contributed by atoms with Crippen molar-refractivity contribution in [2.75, 3.05) is 13.2 Å². The Hall–Kier alpha value is -0.995. The zero-order chi connectivity index (χ0) is 14.6. The molecule has 110 valence electrons. The van der Waals surface area contributed by atoms with E-state index < -0.39 is 0 Å². The third-order valence-corrected chi connectivity index (χ3v) is 3.21. The van der Waals surface area contributed by atoms with E-state index in [2.05, 4.69) is 33.8 Å². The molecule has 0 bridgehead atoms. The van der Waals surface area contributed by atoms with Gasteiger partial charge in [-0.25, -0.2) is 0 Å². The first-order valence-corrected chi connectivity index (χ1v) is 7.61. The lowest BCUT2D eigenvalue weighted by Gasteiger charge is -2.19. The second-order valence-electron chi connectivity index (χ2n) is 6.05. The smallest absolute Gasteiger partial charge is 0.493 e. The van der Waals surface area contributed by atoms with Crippen molar-refractivity contribution >= 4 is 12.6 Å². The molecule has 0 atom stereocenters. The fourth-order valence-electron chi connectivity index (χ4n) is 2.33. The van der Waals surface area contributed by atoms with E-state index >= 15 is 0 Å². The molecule has 0 aromatic heterocycles. The monoisotopic (exact) mass is 276 g/mol. The van der Waals surface area contributed by atoms with Crippen molar-refractivity contribution in [2.45, 2.75) is 52.6 Å². The summed E-state index contributed by atoms with van der Waals surface area (Å²) in [5.74, 6) is 1.01. The Kier molecular flexibility index (Phi) is 5.11. The molecule has 0 saturated carbocycles. The maximum Gasteiger partial charge on any atom is 0.494 e. The van der Waals surface area contributed by atoms with E-state index in [1.807, 2.05) is 12.1 Å². The Balaban J connectivity index is 0.000000452. The van der Waals surface area contributed by atoms with Crippen molar-refractivity contribution in [3.63, 3.8) is 0 Å². The maximum atomic E-state index is 5.86. The summed E-state index contributed by atoms with van der Waals surface area (Å²) in [7, 11) is -0.225. The minimum atomic E-state index is -0.225. The maximum absolute atomic E-state index is 5.86. The van der Waals surface area contributed by atoms with Crippen LogP contribution in [-0.4, -0.2) is 25.9 Å². The van der Waals surface area contributed by atoms with Gasteiger partial charge in [-0.05, 0) is 43.8 Å². The van der Waals surface area contributed by atoms with E-state index in [1.165, 1.54) is 12.0 Å². The third-order valence-electron chi connectivity index (χ3n) is 3.21. The zero-order valence-corrected chi connectivity index (χ0v) is 13.1. The molecule has 1 fully saturated rings. The summed E-state index contributed by atoms with van der Waals surface area (Å²) in [4.78, 5) is 0. The van der Waals surface area contributed by atoms with Gasteiger partial charge < -0.3 is 14.0 Å². The molecular formula is C16H25BO3. The molecule has 3 nitrogen and oxygen atoms in total. The molecule has 0 amide bonds. The van der Waals surface area contributed by atoms with Crippen LogP contribution in [0, 0.1) is 0 Å². The first-order chi connectivity index (χ1) is 9.55. The molecule has 1 saturated heterocycles. The van der Waals surface area contributed by atoms with Crippen LogP contribution in [0.3, 0.4) is 0 Å². The first kappa shape index (κ1) is 15.4. The summed E-state index contributed by atoms with van der Waals surface area (Å²) in [6.07, 6.45) is 3.42. The topological polar surface area (TPSA) is 27.7 Å². The number of fused-ring (bicyclic) bond motifs is 1. The molecule has 2 aliphatic heterocycles. The van der Waals surface area contributed by atoms with E-state index in [0.29, 0.717) is 6.61 Å². The first-order valence-electron chi connectivity index (χ1n) is 7.61. The van der Waals surface area contributed by atoms with Crippen LogP contribution in [0.25, 0.3) is 0 Å². The van der Waals surface area contributed by atoms with Crippen LogP contribution in [0.1, 0.15) is 46.1 Å². The van der Waals surface area contributed by atoms with Gasteiger partial charge in [-0.3, -0.25) is 0 Å². The highest BCUT2D eigenvalue weighted by atomic mass is 16.7. The summed E-state index contributed by atoms with van der Waals surface area (Å²) >= 11 is 0. The quantitative estimate of drug-likeness (QED) is 0.738. The van der Waals surface area contributed by atoms with Gasteiger partial charge in [0, 0.05) is 0 Å². The highest BCUT2D eigenvalue weighted by Crippen LogP contribution is 2.25. The molecule has 2 heterocycles. The lowest BCUT2D eigenvalue weighted by Crippen LogP contribution is -2.35. The largest absolute Gasteiger partial charge is 0.494 e. The number of rotatable bonds is 1. The van der Waals surface area contributed by atoms with Crippen molar-refractivity contribution in [2.24, 2.45) is 0 Å². The van der Waals surface area contributed by atoms with Gasteiger partial charge in [0.05, 0.1) is 18.8 Å². The second kappa shape index (κ2) is 6.64. The molecular weight excluding hydrogens is 251 g/mol. The highest BCUT2D eigenvalue weighted by Gasteiger charge is 2.38. The van der Waals surface area contributed by atoms with Crippen molar-refractivity contribution in [1.82, 2.24) is 0 Å². The van der Waals surface area contributed by atoms with Gasteiger partial charge in [0.2, 0.25) is 0 Å². The number of aryl methyl sites for hydroxylation is 1. The number of hydrogen-bond acceptors (Lipinski definition) is 3. The Morgan fingerprint density at radius 1 is 1.25 bits per heavy atom. The Labute approximate surface area is 122 Å². The molecule has 0 unspecified atom stereocenters. The van der Waals surface area contributed by atoms with Gasteiger partial charge in [-0.15, -0.1) is 0 Å². The standard InChI is InChI=1S/C13H17BO3.C3H8/c1-13(2)9-16-14(17-13)11-5-6-12-10(8-11)4-3-7-15-12;1-3-2/h5-6,8H,3-4,7,9H2,1-2H3;3H2,1-2H3. The summed E-state index contributed by atoms with van der Waals surface area (Å²) in [6, 6.07) is 6.22. The van der Waals surface area contributed by atoms with Gasteiger partial charge in [0.25, 0.3) is 0 Å². The summed E-state index contributed by atoms with van der Waals surface area (Å²) in [5, 5.41) is 0. The van der Waals surface area contributed by atoms with Crippen LogP contribution in [-0.2, 0) is 15.7 Å². The predicted octanol–water partition coefficient (Wildman–Crippen LogP) is 2.95. The minimum absolute atomic E-state index is 0.183. The van der Waals surface area contributed by atoms with Crippen LogP contribution in [0.4, 0.5) is 0 Å². The molecule has 0 aliphatic carbocycles. The lowest BCUT2D eigenvalue weighted by molar-refractivity contribution is 0.137. The molecule has 2 aliphatic rings. The van der Waals surface area contributed by atoms with Crippen LogP contribution >= 0.6 is 0 Å². The normalized spacial score (nSPS) is 19.7. The Bertz CT molecular complexity index is 445. The summed E-state index contributed by atoms with van der Waals surface area (Å²) < 4.78 is 17.1. The average molecular weight is 276 g/mol. The second-order valence-corrected chi connectivity index (χ2v) is 6.05. The minimum Gasteiger partial charge on any atom is -0.493 e. The van der Waals surface area contributed by atoms with Crippen LogP contribution in [0.15, 0.2) is 18.2 Å². The van der Waals surface area contributed by atoms with Gasteiger partial charge in [-0.2, -0.15) is 0 Å². The highest BCUT2D eigenvalue weighted by molar-refractivity contribution is 6.61. The summed E-state index contributed by atoms with van der Waals surface area (Å²) in [5.41, 5.74) is 2.18. The van der Waals surface area contributed by atoms with Crippen molar-refractivity contribution in [3.05, 3.63) is 23.8 Å². The van der Waals surface area contributed by atoms with Crippen molar-refractivity contribution in [3.8, 4) is 5.75 Å². The van der Waals surface area contributed by atoms with Crippen LogP contribution < -0.4 is 10.2 Å². The fourth-order valence-corrected chi connectivity index (χ4v) is 2.33. The van der Waals surface area contributed by atoms with Crippen molar-refractivity contribution < 1.29 is 14.0 Å². The van der Waals surface area contributed by atoms with Gasteiger partial charge in [0.15, 0.2) is 0 Å².